The number of ether oxygens (including phenoxy) is 2. The van der Waals surface area contributed by atoms with Crippen LogP contribution >= 0.6 is 0 Å². The van der Waals surface area contributed by atoms with Crippen LogP contribution in [0.1, 0.15) is 74.7 Å². The molecular weight excluding hydrogens is 385 g/mol. The van der Waals surface area contributed by atoms with Crippen LogP contribution < -0.4 is 5.32 Å². The van der Waals surface area contributed by atoms with Crippen molar-refractivity contribution in [1.82, 2.24) is 5.32 Å². The Morgan fingerprint density at radius 1 is 1.00 bits per heavy atom. The van der Waals surface area contributed by atoms with Crippen molar-refractivity contribution >= 4 is 6.09 Å². The summed E-state index contributed by atoms with van der Waals surface area (Å²) in [6.07, 6.45) is 3.29. The van der Waals surface area contributed by atoms with Gasteiger partial charge in [-0.25, -0.2) is 9.18 Å². The number of benzene rings is 1. The van der Waals surface area contributed by atoms with E-state index in [2.05, 4.69) is 19.2 Å². The first-order chi connectivity index (χ1) is 14.3. The lowest BCUT2D eigenvalue weighted by atomic mass is 9.91. The van der Waals surface area contributed by atoms with Crippen molar-refractivity contribution in [2.75, 3.05) is 13.2 Å². The van der Waals surface area contributed by atoms with Crippen LogP contribution in [0.2, 0.25) is 0 Å². The summed E-state index contributed by atoms with van der Waals surface area (Å²) in [5, 5.41) is 11.2. The van der Waals surface area contributed by atoms with Crippen LogP contribution in [0.4, 0.5) is 9.18 Å². The molecule has 1 heterocycles. The molecule has 0 radical (unpaired) electrons. The van der Waals surface area contributed by atoms with Crippen LogP contribution in [-0.2, 0) is 9.47 Å². The lowest BCUT2D eigenvalue weighted by molar-refractivity contribution is -0.284. The predicted octanol–water partition coefficient (Wildman–Crippen LogP) is 7.00. The zero-order valence-corrected chi connectivity index (χ0v) is 20.0. The minimum atomic E-state index is -1.07. The van der Waals surface area contributed by atoms with Gasteiger partial charge in [0.25, 0.3) is 0 Å². The molecule has 0 atom stereocenters. The van der Waals surface area contributed by atoms with E-state index < -0.39 is 11.9 Å². The zero-order chi connectivity index (χ0) is 23.6. The number of hydrogen-bond donors (Lipinski definition) is 2. The number of hydrogen-bond acceptors (Lipinski definition) is 3. The van der Waals surface area contributed by atoms with Crippen molar-refractivity contribution in [1.29, 1.82) is 0 Å². The Kier molecular flexibility index (Phi) is 17.0. The van der Waals surface area contributed by atoms with Gasteiger partial charge in [-0.2, -0.15) is 0 Å². The Hall–Kier alpha value is -1.92. The quantitative estimate of drug-likeness (QED) is 0.506. The van der Waals surface area contributed by atoms with Crippen LogP contribution in [0.25, 0.3) is 0 Å². The number of amides is 1. The molecular formula is C24H42FNO4. The second-order valence-electron chi connectivity index (χ2n) is 6.73. The highest BCUT2D eigenvalue weighted by Gasteiger charge is 2.45. The Bertz CT molecular complexity index is 578. The molecule has 5 nitrogen and oxygen atoms in total. The third-order valence-corrected chi connectivity index (χ3v) is 3.84. The molecule has 174 valence electrons. The van der Waals surface area contributed by atoms with Crippen LogP contribution in [0.3, 0.4) is 0 Å². The third kappa shape index (κ3) is 11.3. The Labute approximate surface area is 182 Å². The van der Waals surface area contributed by atoms with E-state index in [-0.39, 0.29) is 11.2 Å². The molecule has 1 fully saturated rings. The first-order valence-electron chi connectivity index (χ1n) is 11.0. The molecule has 1 aromatic rings. The van der Waals surface area contributed by atoms with Gasteiger partial charge in [0.1, 0.15) is 5.82 Å². The molecule has 1 saturated heterocycles. The average Bonchev–Trinajstić information content (AvgIpc) is 2.77. The second kappa shape index (κ2) is 16.8. The summed E-state index contributed by atoms with van der Waals surface area (Å²) in [6.45, 7) is 17.3. The fourth-order valence-electron chi connectivity index (χ4n) is 2.55. The molecule has 1 aliphatic heterocycles. The van der Waals surface area contributed by atoms with E-state index in [0.717, 1.165) is 12.8 Å². The number of rotatable bonds is 1. The van der Waals surface area contributed by atoms with E-state index in [0.29, 0.717) is 25.3 Å². The molecule has 3 rings (SSSR count). The lowest BCUT2D eigenvalue weighted by Gasteiger charge is -2.45. The van der Waals surface area contributed by atoms with Crippen LogP contribution in [0.15, 0.2) is 42.1 Å². The number of carboxylic acid groups (broad SMARTS) is 1. The number of carbonyl (C=O) groups is 1. The van der Waals surface area contributed by atoms with Gasteiger partial charge in [-0.1, -0.05) is 79.7 Å². The largest absolute Gasteiger partial charge is 0.465 e. The van der Waals surface area contributed by atoms with Crippen LogP contribution in [0, 0.1) is 11.2 Å². The van der Waals surface area contributed by atoms with Gasteiger partial charge in [0.05, 0.1) is 18.9 Å². The highest BCUT2D eigenvalue weighted by atomic mass is 19.1. The monoisotopic (exact) mass is 427 g/mol. The molecule has 2 N–H and O–H groups in total. The summed E-state index contributed by atoms with van der Waals surface area (Å²) in [4.78, 5) is 10.8. The maximum absolute atomic E-state index is 11.9. The SMILES string of the molecule is CC.CC.CC.CC1(C)COC2(CCCC=C2NC(=O)O)OC1.Fc1ccccc1. The molecule has 1 amide bonds. The number of nitrogens with one attached hydrogen (secondary N) is 1. The summed E-state index contributed by atoms with van der Waals surface area (Å²) in [5.74, 6) is -1.05. The first-order valence-corrected chi connectivity index (χ1v) is 11.0. The fourth-order valence-corrected chi connectivity index (χ4v) is 2.55. The second-order valence-corrected chi connectivity index (χ2v) is 6.73. The van der Waals surface area contributed by atoms with Crippen molar-refractivity contribution in [3.63, 3.8) is 0 Å². The Balaban J connectivity index is 0. The third-order valence-electron chi connectivity index (χ3n) is 3.84. The summed E-state index contributed by atoms with van der Waals surface area (Å²) in [7, 11) is 0. The molecule has 2 aliphatic rings. The van der Waals surface area contributed by atoms with Crippen molar-refractivity contribution in [3.8, 4) is 0 Å². The average molecular weight is 428 g/mol. The number of halogens is 1. The summed E-state index contributed by atoms with van der Waals surface area (Å²) in [5.41, 5.74) is 0.517. The van der Waals surface area contributed by atoms with Crippen molar-refractivity contribution < 1.29 is 23.8 Å². The first kappa shape index (κ1) is 30.3. The molecule has 30 heavy (non-hydrogen) atoms. The lowest BCUT2D eigenvalue weighted by Crippen LogP contribution is -2.53. The number of allylic oxidation sites excluding steroid dienone is 1. The van der Waals surface area contributed by atoms with Crippen molar-refractivity contribution in [2.24, 2.45) is 5.41 Å². The highest BCUT2D eigenvalue weighted by Crippen LogP contribution is 2.39. The molecule has 1 spiro atoms. The van der Waals surface area contributed by atoms with Gasteiger partial charge in [-0.15, -0.1) is 0 Å². The molecule has 0 saturated carbocycles. The summed E-state index contributed by atoms with van der Waals surface area (Å²) in [6, 6.07) is 7.94. The van der Waals surface area contributed by atoms with Gasteiger partial charge < -0.3 is 14.6 Å². The minimum Gasteiger partial charge on any atom is -0.465 e. The van der Waals surface area contributed by atoms with Crippen LogP contribution in [-0.4, -0.2) is 30.2 Å². The molecule has 0 aromatic heterocycles. The Morgan fingerprint density at radius 2 is 1.50 bits per heavy atom. The van der Waals surface area contributed by atoms with E-state index in [9.17, 15) is 9.18 Å². The highest BCUT2D eigenvalue weighted by molar-refractivity contribution is 5.67. The van der Waals surface area contributed by atoms with Crippen LogP contribution in [0.5, 0.6) is 0 Å². The standard InChI is InChI=1S/C12H19NO4.C6H5F.3C2H6/c1-11(2)7-16-12(17-8-11)6-4-3-5-9(12)13-10(14)15;7-6-4-2-1-3-5-6;3*1-2/h5,13H,3-4,6-8H2,1-2H3,(H,14,15);1-5H;3*1-2H3. The van der Waals surface area contributed by atoms with E-state index in [4.69, 9.17) is 14.6 Å². The van der Waals surface area contributed by atoms with Gasteiger partial charge in [0, 0.05) is 11.8 Å². The Morgan fingerprint density at radius 3 is 1.90 bits per heavy atom. The van der Waals surface area contributed by atoms with Gasteiger partial charge in [0.15, 0.2) is 0 Å². The van der Waals surface area contributed by atoms with Gasteiger partial charge in [-0.05, 0) is 25.0 Å². The molecule has 0 unspecified atom stereocenters. The van der Waals surface area contributed by atoms with E-state index in [1.165, 1.54) is 12.1 Å². The maximum Gasteiger partial charge on any atom is 0.409 e. The van der Waals surface area contributed by atoms with E-state index in [1.807, 2.05) is 47.6 Å². The smallest absolute Gasteiger partial charge is 0.409 e. The van der Waals surface area contributed by atoms with Gasteiger partial charge in [0.2, 0.25) is 5.79 Å². The summed E-state index contributed by atoms with van der Waals surface area (Å²) >= 11 is 0. The van der Waals surface area contributed by atoms with Crippen molar-refractivity contribution in [3.05, 3.63) is 47.9 Å². The molecule has 0 bridgehead atoms. The summed E-state index contributed by atoms with van der Waals surface area (Å²) < 4.78 is 23.5. The molecule has 1 aliphatic carbocycles. The fraction of sp³-hybridized carbons (Fsp3) is 0.625. The van der Waals surface area contributed by atoms with E-state index in [1.54, 1.807) is 18.2 Å². The zero-order valence-electron chi connectivity index (χ0n) is 20.0. The van der Waals surface area contributed by atoms with Crippen molar-refractivity contribution in [2.45, 2.75) is 80.4 Å². The predicted molar refractivity (Wildman–Crippen MR) is 122 cm³/mol. The normalized spacial score (nSPS) is 17.6. The topological polar surface area (TPSA) is 67.8 Å². The minimum absolute atomic E-state index is 0.0168. The van der Waals surface area contributed by atoms with Gasteiger partial charge in [-0.3, -0.25) is 5.32 Å². The molecule has 6 heteroatoms. The molecule has 1 aromatic carbocycles. The van der Waals surface area contributed by atoms with Gasteiger partial charge >= 0.3 is 6.09 Å². The maximum atomic E-state index is 11.9. The van der Waals surface area contributed by atoms with E-state index >= 15 is 0 Å².